The summed E-state index contributed by atoms with van der Waals surface area (Å²) in [6.45, 7) is 3.16. The lowest BCUT2D eigenvalue weighted by atomic mass is 10.0. The van der Waals surface area contributed by atoms with Crippen LogP contribution in [0.15, 0.2) is 54.7 Å². The predicted molar refractivity (Wildman–Crippen MR) is 119 cm³/mol. The van der Waals surface area contributed by atoms with Gasteiger partial charge in [-0.15, -0.1) is 0 Å². The standard InChI is InChI=1S/C23H24ClN3O4/c1-14(2)31-21(28)13-26-23(30)20(27-22(29)17-8-3-5-9-18(17)24)11-15-12-25-19-10-6-4-7-16(15)19/h3-10,12,14,20,25H,11,13H2,1-2H3,(H,26,30)(H,27,29). The van der Waals surface area contributed by atoms with E-state index in [0.29, 0.717) is 0 Å². The number of para-hydroxylation sites is 1. The molecule has 3 aromatic rings. The summed E-state index contributed by atoms with van der Waals surface area (Å²) in [5, 5.41) is 6.52. The number of nitrogens with one attached hydrogen (secondary N) is 3. The SMILES string of the molecule is CC(C)OC(=O)CNC(=O)C(Cc1c[nH]c2ccccc12)NC(=O)c1ccccc1Cl. The molecular weight excluding hydrogens is 418 g/mol. The van der Waals surface area contributed by atoms with Crippen molar-refractivity contribution in [3.05, 3.63) is 70.9 Å². The fourth-order valence-corrected chi connectivity index (χ4v) is 3.42. The highest BCUT2D eigenvalue weighted by molar-refractivity contribution is 6.33. The summed E-state index contributed by atoms with van der Waals surface area (Å²) >= 11 is 6.13. The lowest BCUT2D eigenvalue weighted by Gasteiger charge is -2.19. The van der Waals surface area contributed by atoms with Crippen LogP contribution in [0.4, 0.5) is 0 Å². The van der Waals surface area contributed by atoms with Gasteiger partial charge in [-0.3, -0.25) is 14.4 Å². The number of H-pyrrole nitrogens is 1. The first-order chi connectivity index (χ1) is 14.8. The molecule has 1 unspecified atom stereocenters. The van der Waals surface area contributed by atoms with Crippen LogP contribution >= 0.6 is 11.6 Å². The van der Waals surface area contributed by atoms with Gasteiger partial charge >= 0.3 is 5.97 Å². The van der Waals surface area contributed by atoms with Crippen LogP contribution in [-0.4, -0.2) is 41.5 Å². The molecule has 0 saturated carbocycles. The average molecular weight is 442 g/mol. The number of hydrogen-bond donors (Lipinski definition) is 3. The Balaban J connectivity index is 1.79. The lowest BCUT2D eigenvalue weighted by Crippen LogP contribution is -2.49. The number of carbonyl (C=O) groups is 3. The topological polar surface area (TPSA) is 100 Å². The Morgan fingerprint density at radius 2 is 1.77 bits per heavy atom. The maximum absolute atomic E-state index is 12.9. The number of ether oxygens (including phenoxy) is 1. The molecule has 0 radical (unpaired) electrons. The molecule has 0 aliphatic heterocycles. The van der Waals surface area contributed by atoms with E-state index in [4.69, 9.17) is 16.3 Å². The smallest absolute Gasteiger partial charge is 0.325 e. The van der Waals surface area contributed by atoms with Crippen molar-refractivity contribution < 1.29 is 19.1 Å². The van der Waals surface area contributed by atoms with Crippen LogP contribution in [-0.2, 0) is 20.7 Å². The van der Waals surface area contributed by atoms with Crippen LogP contribution in [0.5, 0.6) is 0 Å². The van der Waals surface area contributed by atoms with E-state index in [1.807, 2.05) is 24.3 Å². The van der Waals surface area contributed by atoms with Crippen LogP contribution in [0.1, 0.15) is 29.8 Å². The van der Waals surface area contributed by atoms with E-state index in [9.17, 15) is 14.4 Å². The van der Waals surface area contributed by atoms with Crippen molar-refractivity contribution in [2.75, 3.05) is 6.54 Å². The number of amides is 2. The number of rotatable bonds is 8. The van der Waals surface area contributed by atoms with E-state index in [0.717, 1.165) is 16.5 Å². The molecule has 1 atom stereocenters. The molecule has 0 aliphatic rings. The molecule has 8 heteroatoms. The maximum Gasteiger partial charge on any atom is 0.325 e. The Kier molecular flexibility index (Phi) is 7.31. The second kappa shape index (κ2) is 10.1. The van der Waals surface area contributed by atoms with E-state index in [1.54, 1.807) is 44.3 Å². The third kappa shape index (κ3) is 5.86. The van der Waals surface area contributed by atoms with Gasteiger partial charge in [-0.1, -0.05) is 41.9 Å². The molecule has 0 spiro atoms. The first-order valence-electron chi connectivity index (χ1n) is 9.92. The molecule has 31 heavy (non-hydrogen) atoms. The van der Waals surface area contributed by atoms with Crippen LogP contribution < -0.4 is 10.6 Å². The maximum atomic E-state index is 12.9. The number of halogens is 1. The Morgan fingerprint density at radius 1 is 1.06 bits per heavy atom. The number of esters is 1. The minimum Gasteiger partial charge on any atom is -0.462 e. The van der Waals surface area contributed by atoms with Gasteiger partial charge in [-0.2, -0.15) is 0 Å². The Labute approximate surface area is 185 Å². The van der Waals surface area contributed by atoms with Gasteiger partial charge in [0.05, 0.1) is 16.7 Å². The number of fused-ring (bicyclic) bond motifs is 1. The Bertz CT molecular complexity index is 1090. The molecule has 0 fully saturated rings. The van der Waals surface area contributed by atoms with E-state index < -0.39 is 23.8 Å². The number of benzene rings is 2. The number of hydrogen-bond acceptors (Lipinski definition) is 4. The molecule has 2 aromatic carbocycles. The van der Waals surface area contributed by atoms with Gasteiger partial charge in [0, 0.05) is 23.5 Å². The molecule has 1 heterocycles. The first kappa shape index (κ1) is 22.4. The van der Waals surface area contributed by atoms with Gasteiger partial charge in [-0.25, -0.2) is 0 Å². The molecular formula is C23H24ClN3O4. The fraction of sp³-hybridized carbons (Fsp3) is 0.261. The first-order valence-corrected chi connectivity index (χ1v) is 10.3. The molecule has 3 rings (SSSR count). The van der Waals surface area contributed by atoms with Crippen LogP contribution in [0, 0.1) is 0 Å². The molecule has 1 aromatic heterocycles. The second-order valence-electron chi connectivity index (χ2n) is 7.33. The molecule has 0 saturated heterocycles. The summed E-state index contributed by atoms with van der Waals surface area (Å²) in [6.07, 6.45) is 1.75. The zero-order valence-corrected chi connectivity index (χ0v) is 18.0. The van der Waals surface area contributed by atoms with Crippen LogP contribution in [0.3, 0.4) is 0 Å². The fourth-order valence-electron chi connectivity index (χ4n) is 3.20. The molecule has 7 nitrogen and oxygen atoms in total. The largest absolute Gasteiger partial charge is 0.462 e. The summed E-state index contributed by atoms with van der Waals surface area (Å²) in [7, 11) is 0. The molecule has 0 aliphatic carbocycles. The molecule has 0 bridgehead atoms. The third-order valence-corrected chi connectivity index (χ3v) is 4.94. The van der Waals surface area contributed by atoms with Crippen molar-refractivity contribution in [3.63, 3.8) is 0 Å². The summed E-state index contributed by atoms with van der Waals surface area (Å²) in [5.41, 5.74) is 2.05. The van der Waals surface area contributed by atoms with Crippen LogP contribution in [0.25, 0.3) is 10.9 Å². The van der Waals surface area contributed by atoms with E-state index >= 15 is 0 Å². The summed E-state index contributed by atoms with van der Waals surface area (Å²) in [4.78, 5) is 40.6. The highest BCUT2D eigenvalue weighted by Crippen LogP contribution is 2.20. The quantitative estimate of drug-likeness (QED) is 0.467. The van der Waals surface area contributed by atoms with Gasteiger partial charge in [0.2, 0.25) is 5.91 Å². The van der Waals surface area contributed by atoms with Gasteiger partial charge in [0.1, 0.15) is 12.6 Å². The van der Waals surface area contributed by atoms with E-state index in [1.165, 1.54) is 0 Å². The number of aromatic nitrogens is 1. The molecule has 2 amide bonds. The second-order valence-corrected chi connectivity index (χ2v) is 7.73. The van der Waals surface area contributed by atoms with Crippen molar-refractivity contribution in [1.29, 1.82) is 0 Å². The molecule has 3 N–H and O–H groups in total. The summed E-state index contributed by atoms with van der Waals surface area (Å²) in [6, 6.07) is 13.4. The summed E-state index contributed by atoms with van der Waals surface area (Å²) < 4.78 is 5.05. The minimum atomic E-state index is -0.921. The van der Waals surface area contributed by atoms with E-state index in [-0.39, 0.29) is 29.7 Å². The van der Waals surface area contributed by atoms with Crippen molar-refractivity contribution in [1.82, 2.24) is 15.6 Å². The lowest BCUT2D eigenvalue weighted by molar-refractivity contribution is -0.147. The Morgan fingerprint density at radius 3 is 2.52 bits per heavy atom. The van der Waals surface area contributed by atoms with Crippen molar-refractivity contribution >= 4 is 40.3 Å². The normalized spacial score (nSPS) is 11.9. The highest BCUT2D eigenvalue weighted by atomic mass is 35.5. The number of aromatic amines is 1. The number of carbonyl (C=O) groups excluding carboxylic acids is 3. The van der Waals surface area contributed by atoms with Crippen molar-refractivity contribution in [3.8, 4) is 0 Å². The van der Waals surface area contributed by atoms with E-state index in [2.05, 4.69) is 15.6 Å². The van der Waals surface area contributed by atoms with Gasteiger partial charge in [-0.05, 0) is 37.6 Å². The van der Waals surface area contributed by atoms with Gasteiger partial charge in [0.15, 0.2) is 0 Å². The zero-order chi connectivity index (χ0) is 22.4. The monoisotopic (exact) mass is 441 g/mol. The third-order valence-electron chi connectivity index (χ3n) is 4.61. The zero-order valence-electron chi connectivity index (χ0n) is 17.3. The summed E-state index contributed by atoms with van der Waals surface area (Å²) in [5.74, 6) is -1.52. The Hall–Kier alpha value is -3.32. The van der Waals surface area contributed by atoms with Crippen LogP contribution in [0.2, 0.25) is 5.02 Å². The van der Waals surface area contributed by atoms with Crippen molar-refractivity contribution in [2.24, 2.45) is 0 Å². The molecule has 162 valence electrons. The van der Waals surface area contributed by atoms with Gasteiger partial charge < -0.3 is 20.4 Å². The van der Waals surface area contributed by atoms with Gasteiger partial charge in [0.25, 0.3) is 5.91 Å². The highest BCUT2D eigenvalue weighted by Gasteiger charge is 2.24. The minimum absolute atomic E-state index is 0.227. The average Bonchev–Trinajstić information content (AvgIpc) is 3.14. The van der Waals surface area contributed by atoms with Crippen molar-refractivity contribution in [2.45, 2.75) is 32.4 Å². The predicted octanol–water partition coefficient (Wildman–Crippen LogP) is 3.23.